The van der Waals surface area contributed by atoms with Crippen molar-refractivity contribution in [3.63, 3.8) is 0 Å². The lowest BCUT2D eigenvalue weighted by molar-refractivity contribution is -0.138. The number of benzene rings is 1. The van der Waals surface area contributed by atoms with Crippen LogP contribution in [0.25, 0.3) is 0 Å². The number of carbonyl (C=O) groups is 1. The van der Waals surface area contributed by atoms with Gasteiger partial charge in [0.25, 0.3) is 0 Å². The SMILES string of the molecule is CS(=O)(=O)c1ccc(C[C@H]2CCN(C3CCN(c4ncc(C(F)(F)F)cc4F)CC3)C2=O)c(F)c1. The third-order valence-corrected chi connectivity index (χ3v) is 7.73. The van der Waals surface area contributed by atoms with Gasteiger partial charge in [0, 0.05) is 44.0 Å². The predicted octanol–water partition coefficient (Wildman–Crippen LogP) is 3.84. The Morgan fingerprint density at radius 3 is 2.29 bits per heavy atom. The molecule has 4 rings (SSSR count). The first-order valence-corrected chi connectivity index (χ1v) is 13.0. The van der Waals surface area contributed by atoms with Crippen LogP contribution in [-0.4, -0.2) is 56.1 Å². The number of alkyl halides is 3. The van der Waals surface area contributed by atoms with Crippen LogP contribution in [-0.2, 0) is 27.2 Å². The molecule has 190 valence electrons. The zero-order valence-corrected chi connectivity index (χ0v) is 19.7. The number of amides is 1. The van der Waals surface area contributed by atoms with Gasteiger partial charge in [0.05, 0.1) is 10.5 Å². The lowest BCUT2D eigenvalue weighted by Crippen LogP contribution is -2.46. The quantitative estimate of drug-likeness (QED) is 0.564. The third kappa shape index (κ3) is 5.41. The summed E-state index contributed by atoms with van der Waals surface area (Å²) in [6, 6.07) is 4.01. The number of hydrogen-bond donors (Lipinski definition) is 0. The molecule has 2 fully saturated rings. The Bertz CT molecular complexity index is 1230. The molecule has 2 saturated heterocycles. The number of carbonyl (C=O) groups excluding carboxylic acids is 1. The first kappa shape index (κ1) is 25.3. The molecule has 0 saturated carbocycles. The maximum Gasteiger partial charge on any atom is 0.417 e. The van der Waals surface area contributed by atoms with E-state index in [1.165, 1.54) is 12.1 Å². The number of rotatable bonds is 5. The van der Waals surface area contributed by atoms with Crippen molar-refractivity contribution in [1.29, 1.82) is 0 Å². The Kier molecular flexibility index (Phi) is 6.78. The van der Waals surface area contributed by atoms with Crippen molar-refractivity contribution in [1.82, 2.24) is 9.88 Å². The van der Waals surface area contributed by atoms with Gasteiger partial charge in [-0.15, -0.1) is 0 Å². The molecule has 0 N–H and O–H groups in total. The minimum Gasteiger partial charge on any atom is -0.354 e. The Hall–Kier alpha value is -2.76. The smallest absolute Gasteiger partial charge is 0.354 e. The number of halogens is 5. The summed E-state index contributed by atoms with van der Waals surface area (Å²) in [7, 11) is -3.54. The Labute approximate surface area is 199 Å². The topological polar surface area (TPSA) is 70.6 Å². The van der Waals surface area contributed by atoms with E-state index >= 15 is 0 Å². The summed E-state index contributed by atoms with van der Waals surface area (Å²) in [6.07, 6.45) is -1.39. The third-order valence-electron chi connectivity index (χ3n) is 6.62. The second-order valence-electron chi connectivity index (χ2n) is 8.99. The van der Waals surface area contributed by atoms with Crippen molar-refractivity contribution < 1.29 is 35.2 Å². The fourth-order valence-corrected chi connectivity index (χ4v) is 5.35. The molecule has 2 aromatic rings. The first-order chi connectivity index (χ1) is 16.3. The highest BCUT2D eigenvalue weighted by atomic mass is 32.2. The highest BCUT2D eigenvalue weighted by molar-refractivity contribution is 7.90. The van der Waals surface area contributed by atoms with Crippen LogP contribution in [0.5, 0.6) is 0 Å². The Balaban J connectivity index is 1.36. The van der Waals surface area contributed by atoms with Gasteiger partial charge in [-0.1, -0.05) is 6.07 Å². The van der Waals surface area contributed by atoms with Crippen molar-refractivity contribution in [3.8, 4) is 0 Å². The molecular weight excluding hydrogens is 493 g/mol. The number of piperidine rings is 1. The van der Waals surface area contributed by atoms with Crippen LogP contribution in [0.1, 0.15) is 30.4 Å². The van der Waals surface area contributed by atoms with E-state index in [0.29, 0.717) is 51.2 Å². The largest absolute Gasteiger partial charge is 0.417 e. The molecular formula is C23H24F5N3O3S. The summed E-state index contributed by atoms with van der Waals surface area (Å²) in [6.45, 7) is 1.15. The standard InChI is InChI=1S/C23H24F5N3O3S/c1-35(33,34)18-3-2-14(19(24)12-18)10-15-4-9-31(22(15)32)17-5-7-30(8-6-17)21-20(25)11-16(13-29-21)23(26,27)28/h2-3,11-13,15,17H,4-10H2,1H3/t15-/m1/s1. The zero-order valence-electron chi connectivity index (χ0n) is 18.9. The van der Waals surface area contributed by atoms with Crippen molar-refractivity contribution in [2.75, 3.05) is 30.8 Å². The lowest BCUT2D eigenvalue weighted by atomic mass is 9.97. The van der Waals surface area contributed by atoms with E-state index in [0.717, 1.165) is 12.3 Å². The molecule has 0 spiro atoms. The van der Waals surface area contributed by atoms with Crippen LogP contribution in [0.15, 0.2) is 35.4 Å². The number of likely N-dealkylation sites (tertiary alicyclic amines) is 1. The molecule has 3 heterocycles. The number of nitrogens with zero attached hydrogens (tertiary/aromatic N) is 3. The summed E-state index contributed by atoms with van der Waals surface area (Å²) >= 11 is 0. The van der Waals surface area contributed by atoms with Gasteiger partial charge >= 0.3 is 6.18 Å². The summed E-state index contributed by atoms with van der Waals surface area (Å²) in [5.74, 6) is -2.40. The van der Waals surface area contributed by atoms with Gasteiger partial charge in [-0.05, 0) is 49.4 Å². The van der Waals surface area contributed by atoms with Crippen LogP contribution in [0.2, 0.25) is 0 Å². The number of hydrogen-bond acceptors (Lipinski definition) is 5. The molecule has 12 heteroatoms. The fraction of sp³-hybridized carbons (Fsp3) is 0.478. The molecule has 0 unspecified atom stereocenters. The molecule has 0 bridgehead atoms. The molecule has 1 aromatic heterocycles. The van der Waals surface area contributed by atoms with Gasteiger partial charge in [-0.2, -0.15) is 13.2 Å². The van der Waals surface area contributed by atoms with Crippen LogP contribution in [0.3, 0.4) is 0 Å². The summed E-state index contributed by atoms with van der Waals surface area (Å²) in [5.41, 5.74) is -0.874. The molecule has 1 atom stereocenters. The van der Waals surface area contributed by atoms with Crippen LogP contribution >= 0.6 is 0 Å². The van der Waals surface area contributed by atoms with Crippen LogP contribution in [0, 0.1) is 17.6 Å². The van der Waals surface area contributed by atoms with Gasteiger partial charge in [0.2, 0.25) is 5.91 Å². The molecule has 1 amide bonds. The van der Waals surface area contributed by atoms with Gasteiger partial charge in [0.1, 0.15) is 5.82 Å². The predicted molar refractivity (Wildman–Crippen MR) is 117 cm³/mol. The van der Waals surface area contributed by atoms with Crippen molar-refractivity contribution >= 4 is 21.6 Å². The van der Waals surface area contributed by atoms with E-state index in [1.807, 2.05) is 0 Å². The van der Waals surface area contributed by atoms with Crippen molar-refractivity contribution in [2.24, 2.45) is 5.92 Å². The molecule has 0 aliphatic carbocycles. The van der Waals surface area contributed by atoms with E-state index in [1.54, 1.807) is 9.80 Å². The molecule has 1 aromatic carbocycles. The second-order valence-corrected chi connectivity index (χ2v) is 11.0. The maximum atomic E-state index is 14.4. The average molecular weight is 518 g/mol. The van der Waals surface area contributed by atoms with Gasteiger partial charge in [-0.3, -0.25) is 4.79 Å². The average Bonchev–Trinajstić information content (AvgIpc) is 3.14. The monoisotopic (exact) mass is 517 g/mol. The fourth-order valence-electron chi connectivity index (χ4n) is 4.71. The molecule has 2 aliphatic rings. The lowest BCUT2D eigenvalue weighted by Gasteiger charge is -2.37. The molecule has 0 radical (unpaired) electrons. The molecule has 35 heavy (non-hydrogen) atoms. The van der Waals surface area contributed by atoms with Crippen LogP contribution in [0.4, 0.5) is 27.8 Å². The van der Waals surface area contributed by atoms with E-state index < -0.39 is 39.1 Å². The Morgan fingerprint density at radius 1 is 1.03 bits per heavy atom. The van der Waals surface area contributed by atoms with E-state index in [4.69, 9.17) is 0 Å². The summed E-state index contributed by atoms with van der Waals surface area (Å²) in [4.78, 5) is 19.9. The van der Waals surface area contributed by atoms with E-state index in [9.17, 15) is 35.2 Å². The first-order valence-electron chi connectivity index (χ1n) is 11.1. The number of aromatic nitrogens is 1. The number of anilines is 1. The van der Waals surface area contributed by atoms with Crippen molar-refractivity contribution in [3.05, 3.63) is 53.2 Å². The highest BCUT2D eigenvalue weighted by Crippen LogP contribution is 2.33. The van der Waals surface area contributed by atoms with E-state index in [-0.39, 0.29) is 34.6 Å². The van der Waals surface area contributed by atoms with Gasteiger partial charge in [0.15, 0.2) is 21.5 Å². The normalized spacial score (nSPS) is 20.1. The maximum absolute atomic E-state index is 14.4. The second kappa shape index (κ2) is 9.36. The van der Waals surface area contributed by atoms with Crippen LogP contribution < -0.4 is 4.90 Å². The zero-order chi connectivity index (χ0) is 25.5. The number of sulfone groups is 1. The minimum absolute atomic E-state index is 0.112. The minimum atomic E-state index is -4.68. The summed E-state index contributed by atoms with van der Waals surface area (Å²) in [5, 5.41) is 0. The molecule has 6 nitrogen and oxygen atoms in total. The van der Waals surface area contributed by atoms with Gasteiger partial charge < -0.3 is 9.80 Å². The number of pyridine rings is 1. The molecule has 2 aliphatic heterocycles. The Morgan fingerprint density at radius 2 is 1.71 bits per heavy atom. The highest BCUT2D eigenvalue weighted by Gasteiger charge is 2.38. The van der Waals surface area contributed by atoms with Gasteiger partial charge in [-0.25, -0.2) is 22.2 Å². The summed E-state index contributed by atoms with van der Waals surface area (Å²) < 4.78 is 90.2. The van der Waals surface area contributed by atoms with Crippen molar-refractivity contribution in [2.45, 2.75) is 42.8 Å². The van der Waals surface area contributed by atoms with E-state index in [2.05, 4.69) is 4.98 Å².